The van der Waals surface area contributed by atoms with Gasteiger partial charge in [-0.15, -0.1) is 18.3 Å². The summed E-state index contributed by atoms with van der Waals surface area (Å²) >= 11 is 1.40. The summed E-state index contributed by atoms with van der Waals surface area (Å²) in [6.07, 6.45) is 3.24. The first-order valence-corrected chi connectivity index (χ1v) is 3.39. The highest BCUT2D eigenvalue weighted by molar-refractivity contribution is 8.00. The lowest BCUT2D eigenvalue weighted by Gasteiger charge is -1.98. The molecule has 0 aromatic rings. The molecule has 0 aliphatic rings. The van der Waals surface area contributed by atoms with Crippen LogP contribution < -0.4 is 0 Å². The Morgan fingerprint density at radius 1 is 1.62 bits per heavy atom. The van der Waals surface area contributed by atoms with Gasteiger partial charge in [-0.25, -0.2) is 0 Å². The summed E-state index contributed by atoms with van der Waals surface area (Å²) in [4.78, 5) is 0. The van der Waals surface area contributed by atoms with Crippen LogP contribution in [0.15, 0.2) is 25.3 Å². The van der Waals surface area contributed by atoms with Crippen molar-refractivity contribution in [1.29, 1.82) is 0 Å². The molecule has 0 saturated carbocycles. The molecule has 0 aliphatic heterocycles. The summed E-state index contributed by atoms with van der Waals surface area (Å²) in [6.45, 7) is 6.91. The first-order chi connectivity index (χ1) is 3.81. The van der Waals surface area contributed by atoms with Crippen molar-refractivity contribution in [2.24, 2.45) is 0 Å². The van der Waals surface area contributed by atoms with Crippen LogP contribution in [0.3, 0.4) is 0 Å². The molecule has 0 unspecified atom stereocenters. The average molecular weight is 130 g/mol. The van der Waals surface area contributed by atoms with Crippen LogP contribution in [-0.2, 0) is 0 Å². The van der Waals surface area contributed by atoms with Crippen LogP contribution in [-0.4, -0.2) is 16.3 Å². The standard InChI is InChI=1S/C6H10OS/c1-3-5-8-6(7)4-2/h3-4,6-7H,1-2,5H2/t6-/m0/s1. The second kappa shape index (κ2) is 4.94. The van der Waals surface area contributed by atoms with Crippen LogP contribution in [0.5, 0.6) is 0 Å². The summed E-state index contributed by atoms with van der Waals surface area (Å²) < 4.78 is 0. The van der Waals surface area contributed by atoms with Crippen molar-refractivity contribution < 1.29 is 5.11 Å². The van der Waals surface area contributed by atoms with E-state index in [9.17, 15) is 0 Å². The largest absolute Gasteiger partial charge is 0.379 e. The first kappa shape index (κ1) is 7.79. The van der Waals surface area contributed by atoms with Gasteiger partial charge in [-0.1, -0.05) is 18.7 Å². The van der Waals surface area contributed by atoms with Crippen LogP contribution in [0.2, 0.25) is 0 Å². The predicted molar refractivity (Wildman–Crippen MR) is 38.9 cm³/mol. The van der Waals surface area contributed by atoms with Crippen LogP contribution in [0.25, 0.3) is 0 Å². The van der Waals surface area contributed by atoms with Gasteiger partial charge in [0.05, 0.1) is 0 Å². The highest BCUT2D eigenvalue weighted by Gasteiger charge is 1.92. The third kappa shape index (κ3) is 3.96. The molecule has 0 fully saturated rings. The molecule has 8 heavy (non-hydrogen) atoms. The second-order valence-corrected chi connectivity index (χ2v) is 2.40. The molecule has 0 aromatic heterocycles. The summed E-state index contributed by atoms with van der Waals surface area (Å²) in [5, 5.41) is 8.79. The normalized spacial score (nSPS) is 12.6. The zero-order chi connectivity index (χ0) is 6.41. The van der Waals surface area contributed by atoms with Crippen LogP contribution in [0.1, 0.15) is 0 Å². The van der Waals surface area contributed by atoms with Gasteiger partial charge in [0.1, 0.15) is 5.44 Å². The number of aliphatic hydroxyl groups excluding tert-OH is 1. The minimum atomic E-state index is -0.437. The fourth-order valence-corrected chi connectivity index (χ4v) is 0.704. The van der Waals surface area contributed by atoms with E-state index in [0.717, 1.165) is 5.75 Å². The van der Waals surface area contributed by atoms with Gasteiger partial charge in [0.2, 0.25) is 0 Å². The fourth-order valence-electron chi connectivity index (χ4n) is 0.235. The fraction of sp³-hybridized carbons (Fsp3) is 0.333. The average Bonchev–Trinajstić information content (AvgIpc) is 1.83. The Morgan fingerprint density at radius 3 is 2.62 bits per heavy atom. The molecule has 46 valence electrons. The van der Waals surface area contributed by atoms with Gasteiger partial charge in [0.15, 0.2) is 0 Å². The molecule has 1 atom stereocenters. The van der Waals surface area contributed by atoms with E-state index in [1.54, 1.807) is 6.08 Å². The minimum absolute atomic E-state index is 0.437. The Bertz CT molecular complexity index is 80.6. The van der Waals surface area contributed by atoms with Gasteiger partial charge >= 0.3 is 0 Å². The predicted octanol–water partition coefficient (Wildman–Crippen LogP) is 1.41. The summed E-state index contributed by atoms with van der Waals surface area (Å²) in [7, 11) is 0. The summed E-state index contributed by atoms with van der Waals surface area (Å²) in [5.41, 5.74) is -0.437. The number of rotatable bonds is 4. The molecule has 0 rings (SSSR count). The molecule has 0 spiro atoms. The Labute approximate surface area is 54.1 Å². The number of hydrogen-bond donors (Lipinski definition) is 1. The van der Waals surface area contributed by atoms with Crippen molar-refractivity contribution in [2.45, 2.75) is 5.44 Å². The van der Waals surface area contributed by atoms with Crippen molar-refractivity contribution in [1.82, 2.24) is 0 Å². The van der Waals surface area contributed by atoms with Crippen molar-refractivity contribution in [2.75, 3.05) is 5.75 Å². The van der Waals surface area contributed by atoms with Gasteiger partial charge in [-0.3, -0.25) is 0 Å². The molecular weight excluding hydrogens is 120 g/mol. The zero-order valence-corrected chi connectivity index (χ0v) is 5.53. The van der Waals surface area contributed by atoms with Crippen LogP contribution >= 0.6 is 11.8 Å². The lowest BCUT2D eigenvalue weighted by Crippen LogP contribution is -1.93. The van der Waals surface area contributed by atoms with Gasteiger partial charge in [0.25, 0.3) is 0 Å². The van der Waals surface area contributed by atoms with E-state index in [2.05, 4.69) is 13.2 Å². The number of thioether (sulfide) groups is 1. The quantitative estimate of drug-likeness (QED) is 0.458. The highest BCUT2D eigenvalue weighted by Crippen LogP contribution is 2.07. The third-order valence-corrected chi connectivity index (χ3v) is 1.55. The summed E-state index contributed by atoms with van der Waals surface area (Å²) in [6, 6.07) is 0. The van der Waals surface area contributed by atoms with Crippen molar-refractivity contribution in [3.8, 4) is 0 Å². The Hall–Kier alpha value is -0.210. The molecule has 0 bridgehead atoms. The molecule has 1 nitrogen and oxygen atoms in total. The van der Waals surface area contributed by atoms with Crippen molar-refractivity contribution >= 4 is 11.8 Å². The Kier molecular flexibility index (Phi) is 4.81. The number of hydrogen-bond acceptors (Lipinski definition) is 2. The maximum absolute atomic E-state index is 8.79. The van der Waals surface area contributed by atoms with Gasteiger partial charge < -0.3 is 5.11 Å². The van der Waals surface area contributed by atoms with Gasteiger partial charge in [-0.05, 0) is 0 Å². The molecule has 1 N–H and O–H groups in total. The third-order valence-electron chi connectivity index (χ3n) is 0.586. The maximum Gasteiger partial charge on any atom is 0.118 e. The highest BCUT2D eigenvalue weighted by atomic mass is 32.2. The lowest BCUT2D eigenvalue weighted by molar-refractivity contribution is 0.310. The van der Waals surface area contributed by atoms with Crippen molar-refractivity contribution in [3.05, 3.63) is 25.3 Å². The van der Waals surface area contributed by atoms with E-state index in [0.29, 0.717) is 0 Å². The van der Waals surface area contributed by atoms with Crippen molar-refractivity contribution in [3.63, 3.8) is 0 Å². The molecule has 0 radical (unpaired) electrons. The van der Waals surface area contributed by atoms with E-state index in [1.165, 1.54) is 17.8 Å². The monoisotopic (exact) mass is 130 g/mol. The molecule has 0 heterocycles. The SMILES string of the molecule is C=CCS[C@H](O)C=C. The molecule has 0 aliphatic carbocycles. The van der Waals surface area contributed by atoms with Crippen LogP contribution in [0.4, 0.5) is 0 Å². The van der Waals surface area contributed by atoms with E-state index >= 15 is 0 Å². The van der Waals surface area contributed by atoms with Crippen LogP contribution in [0, 0.1) is 0 Å². The molecule has 0 aromatic carbocycles. The number of aliphatic hydroxyl groups is 1. The molecule has 2 heteroatoms. The van der Waals surface area contributed by atoms with E-state index in [1.807, 2.05) is 0 Å². The van der Waals surface area contributed by atoms with Gasteiger partial charge in [0, 0.05) is 5.75 Å². The summed E-state index contributed by atoms with van der Waals surface area (Å²) in [5.74, 6) is 0.771. The minimum Gasteiger partial charge on any atom is -0.379 e. The first-order valence-electron chi connectivity index (χ1n) is 2.34. The van der Waals surface area contributed by atoms with E-state index in [4.69, 9.17) is 5.11 Å². The smallest absolute Gasteiger partial charge is 0.118 e. The second-order valence-electron chi connectivity index (χ2n) is 1.25. The molecular formula is C6H10OS. The molecule has 0 amide bonds. The van der Waals surface area contributed by atoms with Gasteiger partial charge in [-0.2, -0.15) is 0 Å². The van der Waals surface area contributed by atoms with E-state index in [-0.39, 0.29) is 0 Å². The molecule has 0 saturated heterocycles. The Balaban J connectivity index is 3.09. The Morgan fingerprint density at radius 2 is 2.25 bits per heavy atom. The zero-order valence-electron chi connectivity index (χ0n) is 4.71. The maximum atomic E-state index is 8.79. The van der Waals surface area contributed by atoms with E-state index < -0.39 is 5.44 Å². The lowest BCUT2D eigenvalue weighted by atomic mass is 10.7. The topological polar surface area (TPSA) is 20.2 Å².